The van der Waals surface area contributed by atoms with E-state index in [0.29, 0.717) is 6.61 Å². The number of nitrogens with zero attached hydrogens (tertiary/aromatic N) is 1. The number of nitrogens with one attached hydrogen (secondary N) is 1. The maximum atomic E-state index is 11.6. The smallest absolute Gasteiger partial charge is 0.338 e. The lowest BCUT2D eigenvalue weighted by atomic mass is 9.98. The van der Waals surface area contributed by atoms with E-state index < -0.39 is 0 Å². The topological polar surface area (TPSA) is 41.6 Å². The Hall–Kier alpha value is -1.10. The first kappa shape index (κ1) is 15.3. The van der Waals surface area contributed by atoms with Crippen LogP contribution in [0.15, 0.2) is 18.2 Å². The van der Waals surface area contributed by atoms with E-state index >= 15 is 0 Å². The Morgan fingerprint density at radius 1 is 1.25 bits per heavy atom. The molecule has 0 aliphatic carbocycles. The molecule has 110 valence electrons. The van der Waals surface area contributed by atoms with Gasteiger partial charge in [0.25, 0.3) is 0 Å². The lowest BCUT2D eigenvalue weighted by Gasteiger charge is -2.27. The third-order valence-corrected chi connectivity index (χ3v) is 3.92. The van der Waals surface area contributed by atoms with Crippen LogP contribution in [0, 0.1) is 0 Å². The molecule has 1 N–H and O–H groups in total. The van der Waals surface area contributed by atoms with Gasteiger partial charge in [-0.15, -0.1) is 12.4 Å². The zero-order valence-corrected chi connectivity index (χ0v) is 12.4. The molecular weight excluding hydrogens is 276 g/mol. The number of carbonyl (C=O) groups excluding carboxylic acids is 1. The molecule has 0 bridgehead atoms. The summed E-state index contributed by atoms with van der Waals surface area (Å²) in [6, 6.07) is 6.16. The van der Waals surface area contributed by atoms with Crippen LogP contribution >= 0.6 is 12.4 Å². The number of cyclic esters (lactones) is 1. The number of fused-ring (bicyclic) bond motifs is 1. The molecule has 2 aliphatic rings. The number of piperazine rings is 1. The van der Waals surface area contributed by atoms with Crippen molar-refractivity contribution in [2.45, 2.75) is 12.8 Å². The fraction of sp³-hybridized carbons (Fsp3) is 0.533. The van der Waals surface area contributed by atoms with E-state index in [-0.39, 0.29) is 18.4 Å². The molecule has 1 saturated heterocycles. The highest BCUT2D eigenvalue weighted by atomic mass is 35.5. The fourth-order valence-corrected chi connectivity index (χ4v) is 2.76. The molecule has 4 nitrogen and oxygen atoms in total. The monoisotopic (exact) mass is 296 g/mol. The van der Waals surface area contributed by atoms with Crippen molar-refractivity contribution < 1.29 is 9.53 Å². The standard InChI is InChI=1S/C15H20N2O2.ClH/c18-15-14-2-1-12(11-13(14)4-10-19-15)3-7-17-8-5-16-6-9-17;/h1-2,11,16H,3-10H2;1H. The van der Waals surface area contributed by atoms with Crippen molar-refractivity contribution >= 4 is 18.4 Å². The van der Waals surface area contributed by atoms with Gasteiger partial charge in [0.05, 0.1) is 12.2 Å². The molecule has 0 atom stereocenters. The quantitative estimate of drug-likeness (QED) is 0.853. The van der Waals surface area contributed by atoms with Gasteiger partial charge in [-0.3, -0.25) is 0 Å². The molecule has 1 fully saturated rings. The highest BCUT2D eigenvalue weighted by Gasteiger charge is 2.18. The van der Waals surface area contributed by atoms with Crippen molar-refractivity contribution in [2.24, 2.45) is 0 Å². The lowest BCUT2D eigenvalue weighted by Crippen LogP contribution is -2.44. The summed E-state index contributed by atoms with van der Waals surface area (Å²) >= 11 is 0. The Morgan fingerprint density at radius 3 is 2.85 bits per heavy atom. The van der Waals surface area contributed by atoms with Gasteiger partial charge in [0, 0.05) is 39.1 Å². The number of benzene rings is 1. The maximum Gasteiger partial charge on any atom is 0.338 e. The van der Waals surface area contributed by atoms with Crippen LogP contribution in [0.5, 0.6) is 0 Å². The molecule has 0 spiro atoms. The van der Waals surface area contributed by atoms with Crippen molar-refractivity contribution in [1.82, 2.24) is 10.2 Å². The van der Waals surface area contributed by atoms with Gasteiger partial charge in [-0.25, -0.2) is 4.79 Å². The van der Waals surface area contributed by atoms with E-state index in [2.05, 4.69) is 22.3 Å². The maximum absolute atomic E-state index is 11.6. The predicted molar refractivity (Wildman–Crippen MR) is 80.7 cm³/mol. The molecule has 2 heterocycles. The number of halogens is 1. The molecule has 2 aliphatic heterocycles. The molecule has 1 aromatic carbocycles. The second-order valence-electron chi connectivity index (χ2n) is 5.22. The molecule has 5 heteroatoms. The van der Waals surface area contributed by atoms with Gasteiger partial charge < -0.3 is 15.0 Å². The van der Waals surface area contributed by atoms with Gasteiger partial charge in [0.1, 0.15) is 0 Å². The minimum Gasteiger partial charge on any atom is -0.462 e. The Bertz CT molecular complexity index is 473. The zero-order chi connectivity index (χ0) is 13.1. The predicted octanol–water partition coefficient (Wildman–Crippen LogP) is 1.27. The van der Waals surface area contributed by atoms with E-state index in [1.807, 2.05) is 6.07 Å². The number of carbonyl (C=O) groups is 1. The molecule has 1 aromatic rings. The summed E-state index contributed by atoms with van der Waals surface area (Å²) in [7, 11) is 0. The van der Waals surface area contributed by atoms with Crippen LogP contribution in [0.1, 0.15) is 21.5 Å². The van der Waals surface area contributed by atoms with E-state index in [1.54, 1.807) is 0 Å². The summed E-state index contributed by atoms with van der Waals surface area (Å²) in [5.41, 5.74) is 3.22. The Morgan fingerprint density at radius 2 is 2.05 bits per heavy atom. The highest BCUT2D eigenvalue weighted by Crippen LogP contribution is 2.19. The second-order valence-corrected chi connectivity index (χ2v) is 5.22. The van der Waals surface area contributed by atoms with Gasteiger partial charge in [0.15, 0.2) is 0 Å². The summed E-state index contributed by atoms with van der Waals surface area (Å²) < 4.78 is 5.05. The van der Waals surface area contributed by atoms with Gasteiger partial charge >= 0.3 is 5.97 Å². The van der Waals surface area contributed by atoms with Crippen LogP contribution < -0.4 is 5.32 Å². The first-order valence-corrected chi connectivity index (χ1v) is 7.05. The average molecular weight is 297 g/mol. The van der Waals surface area contributed by atoms with E-state index in [1.165, 1.54) is 5.56 Å². The minimum atomic E-state index is -0.171. The number of hydrogen-bond donors (Lipinski definition) is 1. The molecule has 20 heavy (non-hydrogen) atoms. The Balaban J connectivity index is 0.00000147. The first-order valence-electron chi connectivity index (χ1n) is 7.05. The summed E-state index contributed by atoms with van der Waals surface area (Å²) in [5.74, 6) is -0.171. The fourth-order valence-electron chi connectivity index (χ4n) is 2.76. The largest absolute Gasteiger partial charge is 0.462 e. The van der Waals surface area contributed by atoms with Crippen LogP contribution in [0.2, 0.25) is 0 Å². The third kappa shape index (κ3) is 3.51. The van der Waals surface area contributed by atoms with Gasteiger partial charge in [0.2, 0.25) is 0 Å². The van der Waals surface area contributed by atoms with E-state index in [0.717, 1.165) is 56.7 Å². The molecule has 0 aromatic heterocycles. The third-order valence-electron chi connectivity index (χ3n) is 3.92. The zero-order valence-electron chi connectivity index (χ0n) is 11.6. The first-order chi connectivity index (χ1) is 9.33. The SMILES string of the molecule is Cl.O=C1OCCc2cc(CCN3CCNCC3)ccc21. The molecule has 0 amide bonds. The van der Waals surface area contributed by atoms with Crippen LogP contribution in [0.4, 0.5) is 0 Å². The van der Waals surface area contributed by atoms with Gasteiger partial charge in [-0.2, -0.15) is 0 Å². The number of rotatable bonds is 3. The summed E-state index contributed by atoms with van der Waals surface area (Å²) in [6.07, 6.45) is 1.91. The number of esters is 1. The molecule has 0 radical (unpaired) electrons. The van der Waals surface area contributed by atoms with E-state index in [9.17, 15) is 4.79 Å². The molecular formula is C15H21ClN2O2. The van der Waals surface area contributed by atoms with Crippen molar-refractivity contribution in [3.63, 3.8) is 0 Å². The van der Waals surface area contributed by atoms with Gasteiger partial charge in [-0.1, -0.05) is 12.1 Å². The molecule has 3 rings (SSSR count). The van der Waals surface area contributed by atoms with E-state index in [4.69, 9.17) is 4.74 Å². The summed E-state index contributed by atoms with van der Waals surface area (Å²) in [4.78, 5) is 14.1. The van der Waals surface area contributed by atoms with Crippen LogP contribution in [0.3, 0.4) is 0 Å². The van der Waals surface area contributed by atoms with Crippen LogP contribution in [-0.2, 0) is 17.6 Å². The lowest BCUT2D eigenvalue weighted by molar-refractivity contribution is 0.0480. The number of hydrogen-bond acceptors (Lipinski definition) is 4. The molecule has 0 saturated carbocycles. The normalized spacial score (nSPS) is 18.9. The second kappa shape index (κ2) is 7.07. The summed E-state index contributed by atoms with van der Waals surface area (Å²) in [5, 5.41) is 3.37. The van der Waals surface area contributed by atoms with Gasteiger partial charge in [-0.05, 0) is 23.6 Å². The Kier molecular flexibility index (Phi) is 5.40. The van der Waals surface area contributed by atoms with Crippen molar-refractivity contribution in [2.75, 3.05) is 39.3 Å². The van der Waals surface area contributed by atoms with Crippen LogP contribution in [0.25, 0.3) is 0 Å². The van der Waals surface area contributed by atoms with Crippen molar-refractivity contribution in [1.29, 1.82) is 0 Å². The Labute approximate surface area is 125 Å². The van der Waals surface area contributed by atoms with Crippen LogP contribution in [-0.4, -0.2) is 50.2 Å². The minimum absolute atomic E-state index is 0. The summed E-state index contributed by atoms with van der Waals surface area (Å²) in [6.45, 7) is 6.08. The number of ether oxygens (including phenoxy) is 1. The average Bonchev–Trinajstić information content (AvgIpc) is 2.46. The molecule has 0 unspecified atom stereocenters. The van der Waals surface area contributed by atoms with Crippen molar-refractivity contribution in [3.8, 4) is 0 Å². The van der Waals surface area contributed by atoms with Crippen molar-refractivity contribution in [3.05, 3.63) is 34.9 Å². The highest BCUT2D eigenvalue weighted by molar-refractivity contribution is 5.92.